The highest BCUT2D eigenvalue weighted by molar-refractivity contribution is 5.79. The number of halogens is 9. The summed E-state index contributed by atoms with van der Waals surface area (Å²) in [6, 6.07) is 3.95. The van der Waals surface area contributed by atoms with E-state index < -0.39 is 59.9 Å². The third-order valence-electron chi connectivity index (χ3n) is 9.02. The van der Waals surface area contributed by atoms with Crippen molar-refractivity contribution in [2.45, 2.75) is 63.8 Å². The number of hydrogen-bond donors (Lipinski definition) is 0. The lowest BCUT2D eigenvalue weighted by molar-refractivity contribution is -0.143. The van der Waals surface area contributed by atoms with Gasteiger partial charge in [-0.1, -0.05) is 18.1 Å². The van der Waals surface area contributed by atoms with Gasteiger partial charge in [0.25, 0.3) is 5.95 Å². The average Bonchev–Trinajstić information content (AvgIpc) is 3.50. The Bertz CT molecular complexity index is 1590. The van der Waals surface area contributed by atoms with E-state index in [0.29, 0.717) is 76.4 Å². The second kappa shape index (κ2) is 14.7. The number of aryl methyl sites for hydroxylation is 1. The van der Waals surface area contributed by atoms with Gasteiger partial charge in [-0.3, -0.25) is 9.69 Å². The fraction of sp³-hybridized carbons (Fsp3) is 0.562. The van der Waals surface area contributed by atoms with E-state index in [1.54, 1.807) is 4.90 Å². The Balaban J connectivity index is 1.48. The lowest BCUT2D eigenvalue weighted by atomic mass is 9.90. The van der Waals surface area contributed by atoms with E-state index >= 15 is 0 Å². The van der Waals surface area contributed by atoms with Crippen molar-refractivity contribution >= 4 is 11.9 Å². The summed E-state index contributed by atoms with van der Waals surface area (Å²) in [7, 11) is 1.39. The van der Waals surface area contributed by atoms with E-state index in [2.05, 4.69) is 20.3 Å². The predicted octanol–water partition coefficient (Wildman–Crippen LogP) is 6.50. The third kappa shape index (κ3) is 8.86. The number of ether oxygens (including phenoxy) is 1. The van der Waals surface area contributed by atoms with Gasteiger partial charge in [-0.2, -0.15) is 44.3 Å². The van der Waals surface area contributed by atoms with Crippen LogP contribution >= 0.6 is 0 Å². The van der Waals surface area contributed by atoms with Crippen molar-refractivity contribution in [2.75, 3.05) is 44.3 Å². The Morgan fingerprint density at radius 3 is 1.98 bits per heavy atom. The second-order valence-corrected chi connectivity index (χ2v) is 12.4. The molecule has 2 fully saturated rings. The maximum atomic E-state index is 14.0. The Kier molecular flexibility index (Phi) is 11.0. The number of rotatable bonds is 9. The summed E-state index contributed by atoms with van der Waals surface area (Å²) in [6.45, 7) is 3.79. The van der Waals surface area contributed by atoms with Crippen molar-refractivity contribution in [1.29, 1.82) is 0 Å². The second-order valence-electron chi connectivity index (χ2n) is 12.4. The van der Waals surface area contributed by atoms with Crippen LogP contribution in [0.4, 0.5) is 45.5 Å². The van der Waals surface area contributed by atoms with Crippen molar-refractivity contribution in [3.05, 3.63) is 69.8 Å². The summed E-state index contributed by atoms with van der Waals surface area (Å²) in [5, 5.41) is 11.7. The summed E-state index contributed by atoms with van der Waals surface area (Å²) >= 11 is 0. The summed E-state index contributed by atoms with van der Waals surface area (Å²) in [4.78, 5) is 19.2. The molecule has 0 radical (unpaired) electrons. The first kappa shape index (κ1) is 37.3. The minimum Gasteiger partial charge on any atom is -0.378 e. The van der Waals surface area contributed by atoms with Crippen molar-refractivity contribution in [1.82, 2.24) is 30.0 Å². The first-order chi connectivity index (χ1) is 23.4. The Labute approximate surface area is 281 Å². The van der Waals surface area contributed by atoms with E-state index in [9.17, 15) is 44.3 Å². The van der Waals surface area contributed by atoms with Crippen LogP contribution in [0.25, 0.3) is 0 Å². The number of nitrogens with zero attached hydrogens (tertiary/aromatic N) is 7. The van der Waals surface area contributed by atoms with Crippen LogP contribution in [0.2, 0.25) is 0 Å². The summed E-state index contributed by atoms with van der Waals surface area (Å²) in [5.74, 6) is -0.370. The molecule has 3 heterocycles. The number of benzene rings is 2. The van der Waals surface area contributed by atoms with Crippen LogP contribution in [0.15, 0.2) is 36.4 Å². The normalized spacial score (nSPS) is 17.6. The van der Waals surface area contributed by atoms with Crippen molar-refractivity contribution in [3.63, 3.8) is 0 Å². The fourth-order valence-electron chi connectivity index (χ4n) is 6.55. The molecule has 0 saturated carbocycles. The maximum absolute atomic E-state index is 14.0. The number of alkyl halides is 9. The summed E-state index contributed by atoms with van der Waals surface area (Å²) in [5.41, 5.74) is -3.83. The van der Waals surface area contributed by atoms with Crippen LogP contribution in [0.5, 0.6) is 0 Å². The van der Waals surface area contributed by atoms with Gasteiger partial charge in [-0.05, 0) is 84.6 Å². The highest BCUT2D eigenvalue weighted by Crippen LogP contribution is 2.39. The number of amides is 1. The molecule has 0 aliphatic carbocycles. The molecule has 0 N–H and O–H groups in total. The molecule has 0 bridgehead atoms. The predicted molar refractivity (Wildman–Crippen MR) is 161 cm³/mol. The zero-order valence-corrected chi connectivity index (χ0v) is 27.2. The van der Waals surface area contributed by atoms with Gasteiger partial charge in [0, 0.05) is 38.1 Å². The SMILES string of the molecule is CCC(c1ccc(C(F)(F)F)cc1CN(Cc1cc(C(F)(F)F)cc(C(F)(F)F)c1)c1nnn(C)n1)N1CCC(C(=O)N2CCOCC2)CC1. The Morgan fingerprint density at radius 2 is 1.46 bits per heavy atom. The molecule has 5 rings (SSSR count). The summed E-state index contributed by atoms with van der Waals surface area (Å²) in [6.07, 6.45) is -13.4. The highest BCUT2D eigenvalue weighted by atomic mass is 19.4. The first-order valence-electron chi connectivity index (χ1n) is 16.0. The van der Waals surface area contributed by atoms with Gasteiger partial charge in [0.15, 0.2) is 0 Å². The molecule has 2 aromatic carbocycles. The van der Waals surface area contributed by atoms with Gasteiger partial charge < -0.3 is 14.5 Å². The number of carbonyl (C=O) groups excluding carboxylic acids is 1. The Hall–Kier alpha value is -3.93. The zero-order chi connectivity index (χ0) is 36.4. The van der Waals surface area contributed by atoms with Gasteiger partial charge >= 0.3 is 18.5 Å². The molecular weight excluding hydrogens is 685 g/mol. The number of likely N-dealkylation sites (tertiary alicyclic amines) is 1. The van der Waals surface area contributed by atoms with E-state index in [-0.39, 0.29) is 29.4 Å². The average molecular weight is 722 g/mol. The molecule has 3 aromatic rings. The van der Waals surface area contributed by atoms with Crippen LogP contribution in [-0.2, 0) is 48.2 Å². The molecule has 9 nitrogen and oxygen atoms in total. The first-order valence-corrected chi connectivity index (χ1v) is 16.0. The van der Waals surface area contributed by atoms with Crippen LogP contribution in [0, 0.1) is 5.92 Å². The molecule has 2 aliphatic rings. The molecule has 50 heavy (non-hydrogen) atoms. The number of hydrogen-bond acceptors (Lipinski definition) is 7. The number of carbonyl (C=O) groups is 1. The number of piperidine rings is 1. The molecule has 1 unspecified atom stereocenters. The smallest absolute Gasteiger partial charge is 0.378 e. The minimum atomic E-state index is -5.10. The van der Waals surface area contributed by atoms with Crippen LogP contribution in [0.1, 0.15) is 65.6 Å². The van der Waals surface area contributed by atoms with Crippen molar-refractivity contribution < 1.29 is 49.0 Å². The molecule has 18 heteroatoms. The molecule has 274 valence electrons. The molecule has 2 saturated heterocycles. The molecule has 1 atom stereocenters. The topological polar surface area (TPSA) is 79.6 Å². The third-order valence-corrected chi connectivity index (χ3v) is 9.02. The molecule has 1 amide bonds. The zero-order valence-electron chi connectivity index (χ0n) is 27.2. The highest BCUT2D eigenvalue weighted by Gasteiger charge is 2.38. The largest absolute Gasteiger partial charge is 0.416 e. The lowest BCUT2D eigenvalue weighted by Gasteiger charge is -2.39. The summed E-state index contributed by atoms with van der Waals surface area (Å²) < 4.78 is 129. The van der Waals surface area contributed by atoms with Gasteiger partial charge in [-0.25, -0.2) is 0 Å². The van der Waals surface area contributed by atoms with Gasteiger partial charge in [-0.15, -0.1) is 5.10 Å². The maximum Gasteiger partial charge on any atom is 0.416 e. The number of anilines is 1. The molecule has 0 spiro atoms. The molecular formula is C32H36F9N7O2. The van der Waals surface area contributed by atoms with Crippen molar-refractivity contribution in [3.8, 4) is 0 Å². The van der Waals surface area contributed by atoms with Crippen molar-refractivity contribution in [2.24, 2.45) is 13.0 Å². The van der Waals surface area contributed by atoms with Crippen LogP contribution in [-0.4, -0.2) is 75.3 Å². The minimum absolute atomic E-state index is 0.00284. The standard InChI is InChI=1S/C32H36F9N7O2/c1-3-27(46-8-6-21(7-9-46)28(49)47-10-12-50-13-11-47)26-5-4-23(30(33,34)35)16-22(26)19-48(29-42-44-45(2)43-29)18-20-14-24(31(36,37)38)17-25(15-20)32(39,40)41/h4-5,14-17,21,27H,3,6-13,18-19H2,1-2H3. The van der Waals surface area contributed by atoms with E-state index in [1.165, 1.54) is 18.0 Å². The quantitative estimate of drug-likeness (QED) is 0.234. The Morgan fingerprint density at radius 1 is 0.860 bits per heavy atom. The van der Waals surface area contributed by atoms with E-state index in [4.69, 9.17) is 4.74 Å². The molecule has 1 aromatic heterocycles. The lowest BCUT2D eigenvalue weighted by Crippen LogP contribution is -2.47. The van der Waals surface area contributed by atoms with Crippen LogP contribution < -0.4 is 4.90 Å². The van der Waals surface area contributed by atoms with E-state index in [1.807, 2.05) is 6.92 Å². The fourth-order valence-corrected chi connectivity index (χ4v) is 6.55. The van der Waals surface area contributed by atoms with E-state index in [0.717, 1.165) is 16.9 Å². The monoisotopic (exact) mass is 721 g/mol. The van der Waals surface area contributed by atoms with Gasteiger partial charge in [0.1, 0.15) is 0 Å². The number of aromatic nitrogens is 4. The number of morpholine rings is 1. The molecule has 2 aliphatic heterocycles. The van der Waals surface area contributed by atoms with Crippen LogP contribution in [0.3, 0.4) is 0 Å². The van der Waals surface area contributed by atoms with Gasteiger partial charge in [0.2, 0.25) is 5.91 Å². The van der Waals surface area contributed by atoms with Gasteiger partial charge in [0.05, 0.1) is 37.0 Å². The number of tetrazole rings is 1.